The molecule has 1 atom stereocenters. The molecule has 1 aliphatic rings. The first-order valence-corrected chi connectivity index (χ1v) is 12.7. The summed E-state index contributed by atoms with van der Waals surface area (Å²) >= 11 is 0. The molecule has 2 heterocycles. The average Bonchev–Trinajstić information content (AvgIpc) is 3.47. The molecule has 1 N–H and O–H groups in total. The van der Waals surface area contributed by atoms with Crippen LogP contribution in [0.15, 0.2) is 97.7 Å². The summed E-state index contributed by atoms with van der Waals surface area (Å²) in [6.45, 7) is 0.526. The van der Waals surface area contributed by atoms with Crippen LogP contribution in [0.25, 0.3) is 10.8 Å². The van der Waals surface area contributed by atoms with Gasteiger partial charge in [0, 0.05) is 36.0 Å². The molecule has 2 aromatic heterocycles. The molecule has 0 saturated carbocycles. The van der Waals surface area contributed by atoms with Crippen molar-refractivity contribution in [3.05, 3.63) is 120 Å². The Kier molecular flexibility index (Phi) is 6.40. The number of pyridine rings is 1. The van der Waals surface area contributed by atoms with Crippen LogP contribution in [0, 0.1) is 0 Å². The van der Waals surface area contributed by atoms with Crippen molar-refractivity contribution in [2.45, 2.75) is 31.9 Å². The maximum Gasteiger partial charge on any atom is 0.275 e. The van der Waals surface area contributed by atoms with Crippen molar-refractivity contribution in [1.29, 1.82) is 0 Å². The van der Waals surface area contributed by atoms with Crippen molar-refractivity contribution in [3.63, 3.8) is 0 Å². The summed E-state index contributed by atoms with van der Waals surface area (Å²) in [6, 6.07) is 23.1. The number of nitrogens with zero attached hydrogens (tertiary/aromatic N) is 3. The van der Waals surface area contributed by atoms with E-state index in [9.17, 15) is 9.59 Å². The van der Waals surface area contributed by atoms with E-state index in [2.05, 4.69) is 15.3 Å². The molecule has 0 fully saturated rings. The zero-order chi connectivity index (χ0) is 25.9. The lowest BCUT2D eigenvalue weighted by molar-refractivity contribution is 0.0969. The van der Waals surface area contributed by atoms with Gasteiger partial charge in [0.05, 0.1) is 18.6 Å². The van der Waals surface area contributed by atoms with Crippen LogP contribution in [0.5, 0.6) is 5.75 Å². The topological polar surface area (TPSA) is 86.1 Å². The fourth-order valence-electron chi connectivity index (χ4n) is 5.03. The number of amides is 1. The van der Waals surface area contributed by atoms with Gasteiger partial charge < -0.3 is 14.6 Å². The minimum atomic E-state index is -0.353. The van der Waals surface area contributed by atoms with Crippen LogP contribution in [-0.2, 0) is 13.0 Å². The highest BCUT2D eigenvalue weighted by molar-refractivity contribution is 6.13. The van der Waals surface area contributed by atoms with Crippen molar-refractivity contribution in [1.82, 2.24) is 14.5 Å². The number of carbonyl (C=O) groups excluding carboxylic acids is 2. The lowest BCUT2D eigenvalue weighted by atomic mass is 9.89. The molecule has 0 radical (unpaired) electrons. The number of carbonyl (C=O) groups is 2. The number of imidazole rings is 1. The number of nitrogens with one attached hydrogen (secondary N) is 1. The summed E-state index contributed by atoms with van der Waals surface area (Å²) in [5.74, 6) is 0.250. The summed E-state index contributed by atoms with van der Waals surface area (Å²) in [5, 5.41) is 4.78. The van der Waals surface area contributed by atoms with Crippen molar-refractivity contribution in [2.75, 3.05) is 5.32 Å². The Balaban J connectivity index is 1.41. The molecule has 1 amide bonds. The largest absolute Gasteiger partial charge is 0.482 e. The Morgan fingerprint density at radius 1 is 0.974 bits per heavy atom. The third-order valence-electron chi connectivity index (χ3n) is 6.91. The highest BCUT2D eigenvalue weighted by atomic mass is 16.5. The monoisotopic (exact) mass is 502 g/mol. The van der Waals surface area contributed by atoms with Crippen molar-refractivity contribution >= 4 is 28.2 Å². The number of aromatic nitrogens is 3. The van der Waals surface area contributed by atoms with Crippen LogP contribution in [-0.4, -0.2) is 26.2 Å². The normalized spacial score (nSPS) is 13.6. The van der Waals surface area contributed by atoms with E-state index in [0.717, 1.165) is 28.3 Å². The van der Waals surface area contributed by atoms with Gasteiger partial charge in [0.25, 0.3) is 5.91 Å². The third-order valence-corrected chi connectivity index (χ3v) is 6.91. The van der Waals surface area contributed by atoms with E-state index >= 15 is 0 Å². The molecular formula is C31H26N4O3. The molecule has 6 rings (SSSR count). The number of ether oxygens (including phenoxy) is 1. The average molecular weight is 503 g/mol. The second kappa shape index (κ2) is 10.3. The Morgan fingerprint density at radius 3 is 2.66 bits per heavy atom. The van der Waals surface area contributed by atoms with E-state index in [1.807, 2.05) is 77.5 Å². The fraction of sp³-hybridized carbons (Fsp3) is 0.161. The van der Waals surface area contributed by atoms with Crippen LogP contribution >= 0.6 is 0 Å². The van der Waals surface area contributed by atoms with Crippen LogP contribution in [0.1, 0.15) is 50.9 Å². The first-order chi connectivity index (χ1) is 18.7. The van der Waals surface area contributed by atoms with Crippen LogP contribution < -0.4 is 10.1 Å². The number of ketones is 1. The van der Waals surface area contributed by atoms with Gasteiger partial charge in [-0.2, -0.15) is 0 Å². The number of hydrogen-bond acceptors (Lipinski definition) is 5. The van der Waals surface area contributed by atoms with Crippen molar-refractivity contribution in [3.8, 4) is 5.75 Å². The zero-order valence-electron chi connectivity index (χ0n) is 20.7. The number of benzene rings is 3. The summed E-state index contributed by atoms with van der Waals surface area (Å²) in [7, 11) is 0. The van der Waals surface area contributed by atoms with Gasteiger partial charge in [0.15, 0.2) is 5.78 Å². The van der Waals surface area contributed by atoms with Gasteiger partial charge >= 0.3 is 0 Å². The van der Waals surface area contributed by atoms with Crippen molar-refractivity contribution in [2.24, 2.45) is 0 Å². The molecule has 1 aliphatic carbocycles. The molecule has 1 unspecified atom stereocenters. The van der Waals surface area contributed by atoms with Crippen molar-refractivity contribution < 1.29 is 14.3 Å². The van der Waals surface area contributed by atoms with E-state index in [-0.39, 0.29) is 17.8 Å². The highest BCUT2D eigenvalue weighted by Crippen LogP contribution is 2.38. The van der Waals surface area contributed by atoms with Gasteiger partial charge in [-0.25, -0.2) is 4.98 Å². The Labute approximate surface area is 220 Å². The molecule has 0 aliphatic heterocycles. The number of hydrogen-bond donors (Lipinski definition) is 1. The predicted molar refractivity (Wildman–Crippen MR) is 145 cm³/mol. The van der Waals surface area contributed by atoms with E-state index < -0.39 is 0 Å². The van der Waals surface area contributed by atoms with E-state index in [0.29, 0.717) is 42.1 Å². The molecule has 188 valence electrons. The van der Waals surface area contributed by atoms with Crippen LogP contribution in [0.4, 0.5) is 5.69 Å². The minimum absolute atomic E-state index is 0.0783. The predicted octanol–water partition coefficient (Wildman–Crippen LogP) is 6.02. The standard InChI is InChI=1S/C31H26N4O3/c36-26-12-6-11-25-24(26)13-14-27(38-28(19-35-18-17-32-20-35)22-8-2-1-3-9-22)29(25)34-31(37)30-23-10-5-4-7-21(23)15-16-33-30/h1-5,7-10,13-18,20,28H,6,11-12,19H2,(H,34,37). The van der Waals surface area contributed by atoms with Gasteiger partial charge in [-0.15, -0.1) is 0 Å². The molecular weight excluding hydrogens is 476 g/mol. The second-order valence-electron chi connectivity index (χ2n) is 9.35. The maximum absolute atomic E-state index is 13.6. The maximum atomic E-state index is 13.6. The molecule has 3 aromatic carbocycles. The third kappa shape index (κ3) is 4.66. The van der Waals surface area contributed by atoms with Gasteiger partial charge in [0.2, 0.25) is 0 Å². The lowest BCUT2D eigenvalue weighted by Gasteiger charge is -2.26. The first kappa shape index (κ1) is 23.6. The van der Waals surface area contributed by atoms with E-state index in [1.54, 1.807) is 24.8 Å². The molecule has 38 heavy (non-hydrogen) atoms. The molecule has 7 heteroatoms. The summed E-state index contributed by atoms with van der Waals surface area (Å²) in [6.07, 6.45) is 8.55. The van der Waals surface area contributed by atoms with Crippen LogP contribution in [0.2, 0.25) is 0 Å². The Morgan fingerprint density at radius 2 is 1.82 bits per heavy atom. The van der Waals surface area contributed by atoms with E-state index in [4.69, 9.17) is 4.74 Å². The summed E-state index contributed by atoms with van der Waals surface area (Å²) in [5.41, 5.74) is 3.29. The molecule has 0 saturated heterocycles. The Bertz CT molecular complexity index is 1610. The fourth-order valence-corrected chi connectivity index (χ4v) is 5.03. The Hall–Kier alpha value is -4.78. The lowest BCUT2D eigenvalue weighted by Crippen LogP contribution is -2.21. The zero-order valence-corrected chi connectivity index (χ0v) is 20.7. The van der Waals surface area contributed by atoms with Gasteiger partial charge in [-0.3, -0.25) is 14.6 Å². The second-order valence-corrected chi connectivity index (χ2v) is 9.35. The molecule has 7 nitrogen and oxygen atoms in total. The quantitative estimate of drug-likeness (QED) is 0.294. The van der Waals surface area contributed by atoms with Gasteiger partial charge in [-0.05, 0) is 47.6 Å². The SMILES string of the molecule is O=C1CCCc2c1ccc(OC(Cn1ccnc1)c1ccccc1)c2NC(=O)c1nccc2ccccc12. The molecule has 0 spiro atoms. The first-order valence-electron chi connectivity index (χ1n) is 12.7. The van der Waals surface area contributed by atoms with Gasteiger partial charge in [0.1, 0.15) is 17.5 Å². The van der Waals surface area contributed by atoms with E-state index in [1.165, 1.54) is 0 Å². The number of fused-ring (bicyclic) bond motifs is 2. The molecule has 5 aromatic rings. The molecule has 0 bridgehead atoms. The number of anilines is 1. The smallest absolute Gasteiger partial charge is 0.275 e. The van der Waals surface area contributed by atoms with Crippen LogP contribution in [0.3, 0.4) is 0 Å². The summed E-state index contributed by atoms with van der Waals surface area (Å²) in [4.78, 5) is 34.9. The minimum Gasteiger partial charge on any atom is -0.482 e. The highest BCUT2D eigenvalue weighted by Gasteiger charge is 2.26. The number of Topliss-reactive ketones (excluding diaryl/α,β-unsaturated/α-hetero) is 1. The number of rotatable bonds is 7. The summed E-state index contributed by atoms with van der Waals surface area (Å²) < 4.78 is 8.59. The van der Waals surface area contributed by atoms with Gasteiger partial charge in [-0.1, -0.05) is 54.6 Å².